The third-order valence-corrected chi connectivity index (χ3v) is 23.4. The zero-order valence-electron chi connectivity index (χ0n) is 60.5. The Morgan fingerprint density at radius 1 is 0.619 bits per heavy atom. The van der Waals surface area contributed by atoms with Crippen LogP contribution in [-0.2, 0) is 100 Å². The van der Waals surface area contributed by atoms with Crippen molar-refractivity contribution in [2.24, 2.45) is 5.73 Å². The molecule has 0 spiro atoms. The van der Waals surface area contributed by atoms with E-state index in [1.807, 2.05) is 12.1 Å². The number of aromatic nitrogens is 1. The summed E-state index contributed by atoms with van der Waals surface area (Å²) < 4.78 is 294. The summed E-state index contributed by atoms with van der Waals surface area (Å²) in [6.45, 7) is 7.00. The molecular formula is C72H78F6N6O23S6. The Labute approximate surface area is 646 Å². The van der Waals surface area contributed by atoms with Gasteiger partial charge in [0.25, 0.3) is 56.5 Å². The van der Waals surface area contributed by atoms with Crippen molar-refractivity contribution in [3.8, 4) is 11.6 Å². The first-order valence-corrected chi connectivity index (χ1v) is 43.2. The fourth-order valence-corrected chi connectivity index (χ4v) is 17.0. The van der Waals surface area contributed by atoms with Crippen molar-refractivity contribution in [1.82, 2.24) is 15.6 Å². The number of unbranched alkanes of at least 4 members (excludes halogenated alkanes) is 4. The normalized spacial score (nSPS) is 15.2. The molecule has 6 aromatic carbocycles. The van der Waals surface area contributed by atoms with Crippen molar-refractivity contribution in [3.63, 3.8) is 0 Å². The maximum atomic E-state index is 13.4. The number of halogens is 6. The highest BCUT2D eigenvalue weighted by atomic mass is 32.2. The molecule has 10 N–H and O–H groups in total. The van der Waals surface area contributed by atoms with E-state index in [-0.39, 0.29) is 100 Å². The van der Waals surface area contributed by atoms with Crippen LogP contribution in [0.15, 0.2) is 159 Å². The number of nitrogens with one attached hydrogen (secondary N) is 2. The van der Waals surface area contributed by atoms with Gasteiger partial charge in [-0.3, -0.25) is 32.4 Å². The van der Waals surface area contributed by atoms with Gasteiger partial charge in [-0.15, -0.1) is 0 Å². The zero-order valence-corrected chi connectivity index (χ0v) is 65.4. The van der Waals surface area contributed by atoms with Crippen LogP contribution in [0.3, 0.4) is 0 Å². The van der Waals surface area contributed by atoms with Crippen LogP contribution in [0, 0.1) is 0 Å². The lowest BCUT2D eigenvalue weighted by Gasteiger charge is -2.27. The first-order valence-electron chi connectivity index (χ1n) is 34.3. The Bertz CT molecular complexity index is 5760. The second-order valence-electron chi connectivity index (χ2n) is 27.3. The number of nitrogens with two attached hydrogens (primary N) is 1. The number of carboxylic acid groups (broad SMARTS) is 1. The lowest BCUT2D eigenvalue weighted by molar-refractivity contribution is -0.437. The third-order valence-electron chi connectivity index (χ3n) is 18.4. The Hall–Kier alpha value is -9.11. The number of aliphatic carboxylic acids is 1. The number of fused-ring (bicyclic) bond motifs is 6. The van der Waals surface area contributed by atoms with E-state index in [1.165, 1.54) is 54.6 Å². The number of amides is 2. The minimum absolute atomic E-state index is 0.0401. The van der Waals surface area contributed by atoms with Crippen molar-refractivity contribution >= 4 is 123 Å². The number of anilines is 1. The predicted octanol–water partition coefficient (Wildman–Crippen LogP) is 11.0. The average molecular weight is 1700 g/mol. The van der Waals surface area contributed by atoms with E-state index in [1.54, 1.807) is 73.6 Å². The standard InChI is InChI=1S/C70H77F3N6O21S6.C2HF3O2/c1-68(2)61(78(31-13-33-101(82,83)84)56-25-23-52-54(65(56)68)39-50(103(88,89)90)41-58(52)105(94,95)96)27-21-46(22-28-62-69(3,4)66-55-40-51(104(91,92)93)42-59(106(97,98)99)53(55)24-26-57(66)79(62)32-14-34-102(85,86)87)47-17-11-16-44(35-47)15-7-8-20-63(80)75-29-9-5-6-10-30-76-67(81)48-18-12-19-49(38-48)100-64-37-45(43-74)36-60(77-64)70(71,72)73;3-2(4,5)1(6)7/h11-12,16-19,21-28,35-42H,5-10,13-15,20,29-34,43,74H2,1-4H3,(H7-,75,76,80,81,82,83,84,85,86,87,88,89,90,91,92,93,94,95,96,97,98,99);(H,6,7). The topological polar surface area (TPSA) is 479 Å². The van der Waals surface area contributed by atoms with Crippen molar-refractivity contribution in [1.29, 1.82) is 0 Å². The predicted molar refractivity (Wildman–Crippen MR) is 401 cm³/mol. The van der Waals surface area contributed by atoms with Gasteiger partial charge in [0.05, 0.1) is 31.1 Å². The SMILES string of the molecule is CC1(C)C(/C=C/C(=C/C=C2\N(CCCS(=O)(=O)O)c3ccc4c(S(=O)(=O)O)cc(S(=O)(=O)O)cc4c3C2(C)C)c2cccc(CCCCC(=O)NCCCCCCNC(=O)c3cccc(Oc4cc(CN)cc(C(F)(F)F)n4)c3)c2)=[N+](CCCS(=O)(=O)[O-])c2ccc3c(S(=O)(=O)O)cc(S(=O)(=O)O)cc3c21.O=C(O)C(F)(F)F. The van der Waals surface area contributed by atoms with E-state index in [2.05, 4.69) is 15.6 Å². The first-order chi connectivity index (χ1) is 52.2. The molecule has 0 radical (unpaired) electrons. The van der Waals surface area contributed by atoms with Crippen LogP contribution >= 0.6 is 0 Å². The highest BCUT2D eigenvalue weighted by molar-refractivity contribution is 7.87. The molecule has 0 fully saturated rings. The van der Waals surface area contributed by atoms with Crippen molar-refractivity contribution in [3.05, 3.63) is 178 Å². The number of benzene rings is 6. The van der Waals surface area contributed by atoms with Gasteiger partial charge in [-0.2, -0.15) is 73.0 Å². The number of ether oxygens (including phenoxy) is 1. The largest absolute Gasteiger partial charge is 0.748 e. The molecule has 0 saturated heterocycles. The molecule has 2 aliphatic heterocycles. The molecule has 2 amide bonds. The molecule has 7 aromatic rings. The van der Waals surface area contributed by atoms with E-state index in [0.717, 1.165) is 30.2 Å². The van der Waals surface area contributed by atoms with E-state index < -0.39 is 133 Å². The minimum Gasteiger partial charge on any atom is -0.748 e. The van der Waals surface area contributed by atoms with Crippen LogP contribution in [0.25, 0.3) is 27.1 Å². The van der Waals surface area contributed by atoms with Crippen molar-refractivity contribution in [2.75, 3.05) is 42.6 Å². The minimum atomic E-state index is -5.18. The highest BCUT2D eigenvalue weighted by Gasteiger charge is 2.47. The molecule has 0 aliphatic carbocycles. The average Bonchev–Trinajstić information content (AvgIpc) is 1.58. The molecule has 612 valence electrons. The molecule has 3 heterocycles. The fourth-order valence-electron chi connectivity index (χ4n) is 13.3. The van der Waals surface area contributed by atoms with Gasteiger partial charge >= 0.3 is 18.3 Å². The molecule has 2 aliphatic rings. The van der Waals surface area contributed by atoms with Crippen LogP contribution < -0.4 is 26.0 Å². The van der Waals surface area contributed by atoms with Crippen LogP contribution in [-0.4, -0.2) is 160 Å². The monoisotopic (exact) mass is 1700 g/mol. The van der Waals surface area contributed by atoms with Crippen LogP contribution in [0.1, 0.15) is 129 Å². The maximum absolute atomic E-state index is 13.4. The molecule has 0 saturated carbocycles. The molecule has 1 aromatic heterocycles. The quantitative estimate of drug-likeness (QED) is 0.00622. The van der Waals surface area contributed by atoms with Crippen LogP contribution in [0.2, 0.25) is 0 Å². The number of pyridine rings is 1. The lowest BCUT2D eigenvalue weighted by atomic mass is 9.78. The van der Waals surface area contributed by atoms with Gasteiger partial charge in [0.15, 0.2) is 5.71 Å². The summed E-state index contributed by atoms with van der Waals surface area (Å²) in [5.41, 5.74) is 5.80. The van der Waals surface area contributed by atoms with E-state index >= 15 is 0 Å². The lowest BCUT2D eigenvalue weighted by Crippen LogP contribution is -2.28. The summed E-state index contributed by atoms with van der Waals surface area (Å²) in [5, 5.41) is 12.5. The van der Waals surface area contributed by atoms with Crippen molar-refractivity contribution < 1.29 is 133 Å². The Balaban J connectivity index is 0.00000218. The number of hydrogen-bond donors (Lipinski definition) is 9. The van der Waals surface area contributed by atoms with Gasteiger partial charge in [-0.1, -0.05) is 69.2 Å². The van der Waals surface area contributed by atoms with Gasteiger partial charge in [-0.05, 0) is 164 Å². The van der Waals surface area contributed by atoms with Crippen LogP contribution in [0.4, 0.5) is 37.7 Å². The second-order valence-corrected chi connectivity index (χ2v) is 36.0. The number of alkyl halides is 6. The number of carbonyl (C=O) groups is 3. The molecule has 0 atom stereocenters. The number of hydrogen-bond acceptors (Lipinski definition) is 20. The number of rotatable bonds is 32. The van der Waals surface area contributed by atoms with Gasteiger partial charge in [0.1, 0.15) is 27.8 Å². The number of carboxylic acids is 1. The van der Waals surface area contributed by atoms with Crippen LogP contribution in [0.5, 0.6) is 11.6 Å². The summed E-state index contributed by atoms with van der Waals surface area (Å²) in [5.74, 6) is -5.17. The number of aryl methyl sites for hydroxylation is 1. The Morgan fingerprint density at radius 3 is 1.75 bits per heavy atom. The summed E-state index contributed by atoms with van der Waals surface area (Å²) >= 11 is 0. The second kappa shape index (κ2) is 34.9. The summed E-state index contributed by atoms with van der Waals surface area (Å²) in [6, 6.07) is 24.0. The van der Waals surface area contributed by atoms with Gasteiger partial charge < -0.3 is 35.7 Å². The van der Waals surface area contributed by atoms with E-state index in [9.17, 15) is 114 Å². The first kappa shape index (κ1) is 89.4. The zero-order chi connectivity index (χ0) is 84.0. The maximum Gasteiger partial charge on any atom is 0.490 e. The third kappa shape index (κ3) is 23.1. The summed E-state index contributed by atoms with van der Waals surface area (Å²) in [7, 11) is -30.0. The summed E-state index contributed by atoms with van der Waals surface area (Å²) in [6.07, 6.45) is 0.720. The number of carbonyl (C=O) groups excluding carboxylic acids is 2. The molecule has 9 rings (SSSR count). The number of nitrogens with zero attached hydrogens (tertiary/aromatic N) is 3. The van der Waals surface area contributed by atoms with Crippen molar-refractivity contribution in [2.45, 2.75) is 141 Å². The fraction of sp³-hybridized carbons (Fsp3) is 0.347. The summed E-state index contributed by atoms with van der Waals surface area (Å²) in [4.78, 5) is 36.7. The molecular weight excluding hydrogens is 1620 g/mol. The Morgan fingerprint density at radius 2 is 1.19 bits per heavy atom. The molecule has 29 nitrogen and oxygen atoms in total. The van der Waals surface area contributed by atoms with Gasteiger partial charge in [0.2, 0.25) is 17.5 Å². The molecule has 41 heteroatoms. The highest BCUT2D eigenvalue weighted by Crippen LogP contribution is 2.53. The molecule has 113 heavy (non-hydrogen) atoms. The Kier molecular flexibility index (Phi) is 27.6. The van der Waals surface area contributed by atoms with E-state index in [4.69, 9.17) is 20.4 Å². The van der Waals surface area contributed by atoms with E-state index in [0.29, 0.717) is 97.7 Å². The molecule has 0 unspecified atom stereocenters. The smallest absolute Gasteiger partial charge is 0.490 e. The van der Waals surface area contributed by atoms with Gasteiger partial charge in [0, 0.05) is 102 Å². The molecule has 0 bridgehead atoms. The van der Waals surface area contributed by atoms with Gasteiger partial charge in [-0.25, -0.2) is 18.2 Å². The number of allylic oxidation sites excluding steroid dienone is 6.